The van der Waals surface area contributed by atoms with Crippen molar-refractivity contribution in [3.63, 3.8) is 0 Å². The fourth-order valence-corrected chi connectivity index (χ4v) is 3.85. The molecule has 1 fully saturated rings. The van der Waals surface area contributed by atoms with Crippen LogP contribution in [0.2, 0.25) is 0 Å². The van der Waals surface area contributed by atoms with Gasteiger partial charge in [-0.3, -0.25) is 4.79 Å². The number of likely N-dealkylation sites (tertiary alicyclic amines) is 1. The van der Waals surface area contributed by atoms with Crippen molar-refractivity contribution in [2.45, 2.75) is 31.7 Å². The van der Waals surface area contributed by atoms with E-state index >= 15 is 0 Å². The lowest BCUT2D eigenvalue weighted by molar-refractivity contribution is -0.140. The van der Waals surface area contributed by atoms with Crippen molar-refractivity contribution in [1.29, 1.82) is 0 Å². The number of amides is 1. The molecule has 20 heavy (non-hydrogen) atoms. The van der Waals surface area contributed by atoms with Crippen LogP contribution in [0.1, 0.15) is 24.8 Å². The van der Waals surface area contributed by atoms with Crippen LogP contribution in [-0.4, -0.2) is 35.3 Å². The van der Waals surface area contributed by atoms with Crippen LogP contribution in [0.3, 0.4) is 0 Å². The summed E-state index contributed by atoms with van der Waals surface area (Å²) in [5.74, 6) is 1.18. The fraction of sp³-hybridized carbons (Fsp3) is 0.562. The third-order valence-corrected chi connectivity index (χ3v) is 5.06. The van der Waals surface area contributed by atoms with Crippen molar-refractivity contribution in [2.24, 2.45) is 5.92 Å². The predicted octanol–water partition coefficient (Wildman–Crippen LogP) is 3.01. The number of fused-ring (bicyclic) bond motifs is 1. The molecule has 0 spiro atoms. The summed E-state index contributed by atoms with van der Waals surface area (Å²) in [4.78, 5) is 14.8. The lowest BCUT2D eigenvalue weighted by Crippen LogP contribution is -2.49. The Balaban J connectivity index is 1.72. The van der Waals surface area contributed by atoms with Crippen LogP contribution in [0.25, 0.3) is 0 Å². The molecule has 2 heterocycles. The van der Waals surface area contributed by atoms with Gasteiger partial charge in [0, 0.05) is 17.9 Å². The normalized spacial score (nSPS) is 25.8. The number of nitrogens with zero attached hydrogens (tertiary/aromatic N) is 1. The minimum Gasteiger partial charge on any atom is -0.492 e. The predicted molar refractivity (Wildman–Crippen MR) is 82.3 cm³/mol. The lowest BCUT2D eigenvalue weighted by atomic mass is 9.93. The van der Waals surface area contributed by atoms with Crippen molar-refractivity contribution < 1.29 is 9.53 Å². The number of para-hydroxylation sites is 1. The number of carbonyl (C=O) groups is 1. The molecule has 0 bridgehead atoms. The number of rotatable bonds is 2. The van der Waals surface area contributed by atoms with E-state index in [2.05, 4.69) is 26.9 Å². The van der Waals surface area contributed by atoms with Gasteiger partial charge in [0.2, 0.25) is 5.91 Å². The van der Waals surface area contributed by atoms with Gasteiger partial charge in [0.1, 0.15) is 12.4 Å². The number of benzene rings is 1. The molecule has 3 rings (SSSR count). The molecule has 3 nitrogen and oxygen atoms in total. The van der Waals surface area contributed by atoms with Gasteiger partial charge in [-0.25, -0.2) is 0 Å². The summed E-state index contributed by atoms with van der Waals surface area (Å²) < 4.78 is 5.76. The zero-order chi connectivity index (χ0) is 13.9. The molecule has 2 aliphatic heterocycles. The van der Waals surface area contributed by atoms with Gasteiger partial charge in [0.15, 0.2) is 0 Å². The second-order valence-corrected chi connectivity index (χ2v) is 6.30. The van der Waals surface area contributed by atoms with E-state index in [1.54, 1.807) is 0 Å². The molecule has 1 amide bonds. The molecule has 0 aromatic heterocycles. The molecule has 1 saturated heterocycles. The van der Waals surface area contributed by atoms with Crippen LogP contribution in [0.4, 0.5) is 0 Å². The molecular weight excluding hydrogens is 318 g/mol. The summed E-state index contributed by atoms with van der Waals surface area (Å²) in [6.07, 6.45) is 4.27. The molecule has 0 N–H and O–H groups in total. The van der Waals surface area contributed by atoms with E-state index in [0.717, 1.165) is 42.5 Å². The highest BCUT2D eigenvalue weighted by molar-refractivity contribution is 9.09. The summed E-state index contributed by atoms with van der Waals surface area (Å²) in [5, 5.41) is 0.878. The molecule has 2 aliphatic rings. The summed E-state index contributed by atoms with van der Waals surface area (Å²) in [6, 6.07) is 8.39. The Kier molecular flexibility index (Phi) is 4.29. The number of carbonyl (C=O) groups excluding carboxylic acids is 1. The maximum atomic E-state index is 12.8. The molecule has 0 aliphatic carbocycles. The Labute approximate surface area is 128 Å². The Morgan fingerprint density at radius 3 is 3.05 bits per heavy atom. The molecule has 1 aromatic rings. The summed E-state index contributed by atoms with van der Waals surface area (Å²) >= 11 is 3.54. The van der Waals surface area contributed by atoms with E-state index in [-0.39, 0.29) is 11.8 Å². The topological polar surface area (TPSA) is 29.5 Å². The monoisotopic (exact) mass is 337 g/mol. The average Bonchev–Trinajstić information content (AvgIpc) is 2.53. The van der Waals surface area contributed by atoms with Crippen LogP contribution in [0.5, 0.6) is 5.75 Å². The molecule has 4 heteroatoms. The van der Waals surface area contributed by atoms with Crippen LogP contribution in [0, 0.1) is 5.92 Å². The van der Waals surface area contributed by atoms with Gasteiger partial charge < -0.3 is 9.64 Å². The third-order valence-electron chi connectivity index (χ3n) is 4.32. The Morgan fingerprint density at radius 1 is 1.35 bits per heavy atom. The number of alkyl halides is 1. The number of hydrogen-bond acceptors (Lipinski definition) is 2. The highest BCUT2D eigenvalue weighted by Crippen LogP contribution is 2.29. The molecule has 2 unspecified atom stereocenters. The quantitative estimate of drug-likeness (QED) is 0.776. The first-order valence-corrected chi connectivity index (χ1v) is 8.49. The molecule has 0 radical (unpaired) electrons. The molecule has 2 atom stereocenters. The smallest absolute Gasteiger partial charge is 0.229 e. The first-order valence-electron chi connectivity index (χ1n) is 7.36. The van der Waals surface area contributed by atoms with Crippen LogP contribution < -0.4 is 4.74 Å². The number of ether oxygens (including phenoxy) is 1. The first-order chi connectivity index (χ1) is 9.79. The van der Waals surface area contributed by atoms with Crippen molar-refractivity contribution in [3.05, 3.63) is 29.8 Å². The van der Waals surface area contributed by atoms with Crippen molar-refractivity contribution in [2.75, 3.05) is 18.5 Å². The zero-order valence-electron chi connectivity index (χ0n) is 11.6. The van der Waals surface area contributed by atoms with Gasteiger partial charge in [-0.1, -0.05) is 34.1 Å². The minimum atomic E-state index is -0.0236. The van der Waals surface area contributed by atoms with Crippen molar-refractivity contribution in [1.82, 2.24) is 4.90 Å². The molecule has 1 aromatic carbocycles. The summed E-state index contributed by atoms with van der Waals surface area (Å²) in [7, 11) is 0. The minimum absolute atomic E-state index is 0.0236. The van der Waals surface area contributed by atoms with Gasteiger partial charge >= 0.3 is 0 Å². The van der Waals surface area contributed by atoms with E-state index in [4.69, 9.17) is 4.74 Å². The van der Waals surface area contributed by atoms with E-state index in [1.165, 1.54) is 6.42 Å². The van der Waals surface area contributed by atoms with Gasteiger partial charge in [0.05, 0.1) is 5.92 Å². The van der Waals surface area contributed by atoms with Gasteiger partial charge in [-0.05, 0) is 37.3 Å². The number of piperidine rings is 1. The van der Waals surface area contributed by atoms with Gasteiger partial charge in [-0.15, -0.1) is 0 Å². The largest absolute Gasteiger partial charge is 0.492 e. The zero-order valence-corrected chi connectivity index (χ0v) is 13.1. The lowest BCUT2D eigenvalue weighted by Gasteiger charge is -2.38. The maximum Gasteiger partial charge on any atom is 0.229 e. The van der Waals surface area contributed by atoms with E-state index in [1.807, 2.05) is 18.2 Å². The van der Waals surface area contributed by atoms with Crippen LogP contribution >= 0.6 is 15.9 Å². The molecule has 0 saturated carbocycles. The Bertz CT molecular complexity index is 491. The maximum absolute atomic E-state index is 12.8. The average molecular weight is 338 g/mol. The Morgan fingerprint density at radius 2 is 2.20 bits per heavy atom. The highest BCUT2D eigenvalue weighted by Gasteiger charge is 2.33. The van der Waals surface area contributed by atoms with Crippen LogP contribution in [-0.2, 0) is 11.2 Å². The molecular formula is C16H20BrNO2. The second kappa shape index (κ2) is 6.17. The third kappa shape index (κ3) is 2.71. The SMILES string of the molecule is O=C(C1COc2ccccc2C1)N1CCCCC1CBr. The number of halogens is 1. The van der Waals surface area contributed by atoms with Crippen molar-refractivity contribution >= 4 is 21.8 Å². The summed E-state index contributed by atoms with van der Waals surface area (Å²) in [6.45, 7) is 1.41. The van der Waals surface area contributed by atoms with Crippen LogP contribution in [0.15, 0.2) is 24.3 Å². The fourth-order valence-electron chi connectivity index (χ4n) is 3.17. The molecule has 108 valence electrons. The van der Waals surface area contributed by atoms with Gasteiger partial charge in [0.25, 0.3) is 0 Å². The summed E-state index contributed by atoms with van der Waals surface area (Å²) in [5.41, 5.74) is 1.16. The van der Waals surface area contributed by atoms with E-state index in [9.17, 15) is 4.79 Å². The van der Waals surface area contributed by atoms with Crippen molar-refractivity contribution in [3.8, 4) is 5.75 Å². The first kappa shape index (κ1) is 13.9. The van der Waals surface area contributed by atoms with Gasteiger partial charge in [-0.2, -0.15) is 0 Å². The second-order valence-electron chi connectivity index (χ2n) is 5.66. The Hall–Kier alpha value is -1.03. The van der Waals surface area contributed by atoms with E-state index < -0.39 is 0 Å². The number of hydrogen-bond donors (Lipinski definition) is 0. The standard InChI is InChI=1S/C16H20BrNO2/c17-10-14-6-3-4-8-18(14)16(19)13-9-12-5-1-2-7-15(12)20-11-13/h1-2,5,7,13-14H,3-4,6,8-11H2. The van der Waals surface area contributed by atoms with E-state index in [0.29, 0.717) is 12.6 Å². The highest BCUT2D eigenvalue weighted by atomic mass is 79.9.